The smallest absolute Gasteiger partial charge is 0.324 e. The highest BCUT2D eigenvalue weighted by Gasteiger charge is 2.33. The summed E-state index contributed by atoms with van der Waals surface area (Å²) in [6.45, 7) is 6.46. The van der Waals surface area contributed by atoms with Crippen LogP contribution in [0.2, 0.25) is 0 Å². The zero-order valence-corrected chi connectivity index (χ0v) is 18.3. The molecule has 2 aliphatic heterocycles. The number of piperidine rings is 1. The monoisotopic (exact) mass is 421 g/mol. The largest absolute Gasteiger partial charge is 0.487 e. The van der Waals surface area contributed by atoms with E-state index in [1.807, 2.05) is 59.2 Å². The van der Waals surface area contributed by atoms with Gasteiger partial charge in [-0.25, -0.2) is 4.79 Å². The number of para-hydroxylation sites is 2. The fraction of sp³-hybridized carbons (Fsp3) is 0.440. The molecule has 1 N–H and O–H groups in total. The Morgan fingerprint density at radius 1 is 1.06 bits per heavy atom. The highest BCUT2D eigenvalue weighted by Crippen LogP contribution is 2.34. The summed E-state index contributed by atoms with van der Waals surface area (Å²) in [7, 11) is 0. The minimum atomic E-state index is -0.0474. The Bertz CT molecular complexity index is 909. The lowest BCUT2D eigenvalue weighted by Gasteiger charge is -2.39. The maximum atomic E-state index is 13.2. The third-order valence-corrected chi connectivity index (χ3v) is 6.24. The fourth-order valence-corrected chi connectivity index (χ4v) is 4.37. The normalized spacial score (nSPS) is 19.9. The molecule has 6 nitrogen and oxygen atoms in total. The number of urea groups is 1. The molecule has 31 heavy (non-hydrogen) atoms. The number of benzene rings is 2. The molecule has 0 bridgehead atoms. The van der Waals surface area contributed by atoms with E-state index in [-0.39, 0.29) is 29.9 Å². The van der Waals surface area contributed by atoms with Gasteiger partial charge in [-0.05, 0) is 43.4 Å². The summed E-state index contributed by atoms with van der Waals surface area (Å²) in [6.07, 6.45) is 1.34. The van der Waals surface area contributed by atoms with Crippen molar-refractivity contribution in [3.8, 4) is 5.75 Å². The number of amides is 3. The third-order valence-electron chi connectivity index (χ3n) is 6.24. The van der Waals surface area contributed by atoms with Crippen LogP contribution in [0, 0.1) is 5.92 Å². The van der Waals surface area contributed by atoms with Gasteiger partial charge in [0.15, 0.2) is 0 Å². The van der Waals surface area contributed by atoms with Crippen molar-refractivity contribution < 1.29 is 14.3 Å². The first-order valence-electron chi connectivity index (χ1n) is 11.2. The van der Waals surface area contributed by atoms with E-state index in [1.165, 1.54) is 5.56 Å². The average Bonchev–Trinajstić information content (AvgIpc) is 2.82. The highest BCUT2D eigenvalue weighted by molar-refractivity contribution is 5.94. The first kappa shape index (κ1) is 21.2. The number of anilines is 1. The lowest BCUT2D eigenvalue weighted by Crippen LogP contribution is -2.52. The Morgan fingerprint density at radius 3 is 2.48 bits per heavy atom. The quantitative estimate of drug-likeness (QED) is 0.811. The van der Waals surface area contributed by atoms with Gasteiger partial charge < -0.3 is 15.0 Å². The van der Waals surface area contributed by atoms with Gasteiger partial charge in [-0.1, -0.05) is 49.4 Å². The van der Waals surface area contributed by atoms with Crippen LogP contribution < -0.4 is 15.0 Å². The molecular weight excluding hydrogens is 390 g/mol. The number of ether oxygens (including phenoxy) is 1. The predicted octanol–water partition coefficient (Wildman–Crippen LogP) is 4.03. The van der Waals surface area contributed by atoms with Crippen molar-refractivity contribution in [2.24, 2.45) is 5.92 Å². The minimum Gasteiger partial charge on any atom is -0.487 e. The molecule has 0 spiro atoms. The van der Waals surface area contributed by atoms with Gasteiger partial charge in [0, 0.05) is 25.6 Å². The van der Waals surface area contributed by atoms with Gasteiger partial charge >= 0.3 is 6.03 Å². The number of nitrogens with one attached hydrogen (secondary N) is 1. The van der Waals surface area contributed by atoms with E-state index in [1.54, 1.807) is 0 Å². The summed E-state index contributed by atoms with van der Waals surface area (Å²) in [5.74, 6) is 1.08. The van der Waals surface area contributed by atoms with Gasteiger partial charge in [-0.3, -0.25) is 9.69 Å². The van der Waals surface area contributed by atoms with E-state index in [0.29, 0.717) is 39.0 Å². The number of rotatable bonds is 4. The van der Waals surface area contributed by atoms with Crippen molar-refractivity contribution >= 4 is 17.6 Å². The molecule has 4 rings (SSSR count). The van der Waals surface area contributed by atoms with Crippen molar-refractivity contribution in [3.05, 3.63) is 60.2 Å². The van der Waals surface area contributed by atoms with Crippen LogP contribution in [0.4, 0.5) is 10.5 Å². The second-order valence-electron chi connectivity index (χ2n) is 8.61. The van der Waals surface area contributed by atoms with Gasteiger partial charge in [-0.15, -0.1) is 0 Å². The number of hydrogen-bond acceptors (Lipinski definition) is 3. The van der Waals surface area contributed by atoms with E-state index >= 15 is 0 Å². The van der Waals surface area contributed by atoms with Crippen molar-refractivity contribution in [2.45, 2.75) is 38.7 Å². The lowest BCUT2D eigenvalue weighted by atomic mass is 9.95. The fourth-order valence-electron chi connectivity index (χ4n) is 4.37. The van der Waals surface area contributed by atoms with Crippen LogP contribution in [0.3, 0.4) is 0 Å². The number of carbonyl (C=O) groups excluding carboxylic acids is 2. The van der Waals surface area contributed by atoms with Crippen LogP contribution in [0.15, 0.2) is 54.6 Å². The second kappa shape index (κ2) is 9.41. The van der Waals surface area contributed by atoms with Crippen LogP contribution in [0.1, 0.15) is 38.2 Å². The summed E-state index contributed by atoms with van der Waals surface area (Å²) in [4.78, 5) is 29.6. The summed E-state index contributed by atoms with van der Waals surface area (Å²) in [5, 5.41) is 3.11. The number of likely N-dealkylation sites (tertiary alicyclic amines) is 1. The minimum absolute atomic E-state index is 0.000780. The van der Waals surface area contributed by atoms with Gasteiger partial charge in [0.05, 0.1) is 12.2 Å². The van der Waals surface area contributed by atoms with E-state index in [0.717, 1.165) is 11.4 Å². The first-order valence-corrected chi connectivity index (χ1v) is 11.2. The lowest BCUT2D eigenvalue weighted by molar-refractivity contribution is -0.126. The molecule has 0 aliphatic carbocycles. The summed E-state index contributed by atoms with van der Waals surface area (Å²) in [6, 6.07) is 17.9. The molecule has 3 amide bonds. The molecule has 1 saturated heterocycles. The predicted molar refractivity (Wildman–Crippen MR) is 121 cm³/mol. The molecule has 0 saturated carbocycles. The molecule has 2 aromatic rings. The van der Waals surface area contributed by atoms with Gasteiger partial charge in [0.1, 0.15) is 11.9 Å². The number of fused-ring (bicyclic) bond motifs is 1. The molecule has 0 radical (unpaired) electrons. The topological polar surface area (TPSA) is 61.9 Å². The molecule has 2 aliphatic rings. The maximum absolute atomic E-state index is 13.2. The molecule has 2 heterocycles. The Labute approximate surface area is 184 Å². The molecular formula is C25H31N3O3. The van der Waals surface area contributed by atoms with Crippen molar-refractivity contribution in [3.63, 3.8) is 0 Å². The van der Waals surface area contributed by atoms with Crippen LogP contribution in [-0.4, -0.2) is 49.1 Å². The number of nitrogens with zero attached hydrogens (tertiary/aromatic N) is 2. The van der Waals surface area contributed by atoms with E-state index < -0.39 is 0 Å². The summed E-state index contributed by atoms with van der Waals surface area (Å²) < 4.78 is 5.86. The maximum Gasteiger partial charge on any atom is 0.324 e. The summed E-state index contributed by atoms with van der Waals surface area (Å²) in [5.41, 5.74) is 2.05. The SMILES string of the molecule is C[C@H](CNC(=O)C1CCN(C(=O)N2C[C@H](C)Oc3ccccc32)CC1)c1ccccc1. The Hall–Kier alpha value is -3.02. The second-order valence-corrected chi connectivity index (χ2v) is 8.61. The van der Waals surface area contributed by atoms with E-state index in [4.69, 9.17) is 4.74 Å². The number of hydrogen-bond donors (Lipinski definition) is 1. The molecule has 2 atom stereocenters. The first-order chi connectivity index (χ1) is 15.0. The Morgan fingerprint density at radius 2 is 1.74 bits per heavy atom. The van der Waals surface area contributed by atoms with Crippen LogP contribution >= 0.6 is 0 Å². The molecule has 164 valence electrons. The van der Waals surface area contributed by atoms with Crippen molar-refractivity contribution in [1.82, 2.24) is 10.2 Å². The molecule has 1 fully saturated rings. The summed E-state index contributed by atoms with van der Waals surface area (Å²) >= 11 is 0. The Balaban J connectivity index is 1.29. The van der Waals surface area contributed by atoms with Crippen molar-refractivity contribution in [1.29, 1.82) is 0 Å². The molecule has 0 aromatic heterocycles. The van der Waals surface area contributed by atoms with Crippen LogP contribution in [0.25, 0.3) is 0 Å². The van der Waals surface area contributed by atoms with Gasteiger partial charge in [-0.2, -0.15) is 0 Å². The van der Waals surface area contributed by atoms with E-state index in [2.05, 4.69) is 24.4 Å². The molecule has 0 unspecified atom stereocenters. The zero-order valence-electron chi connectivity index (χ0n) is 18.3. The average molecular weight is 422 g/mol. The Kier molecular flexibility index (Phi) is 6.44. The van der Waals surface area contributed by atoms with Crippen LogP contribution in [0.5, 0.6) is 5.75 Å². The zero-order chi connectivity index (χ0) is 21.8. The van der Waals surface area contributed by atoms with Crippen molar-refractivity contribution in [2.75, 3.05) is 31.1 Å². The highest BCUT2D eigenvalue weighted by atomic mass is 16.5. The standard InChI is InChI=1S/C25H31N3O3/c1-18(20-8-4-3-5-9-20)16-26-24(29)21-12-14-27(15-13-21)25(30)28-17-19(2)31-23-11-7-6-10-22(23)28/h3-11,18-19,21H,12-17H2,1-2H3,(H,26,29)/t18-,19+/m1/s1. The van der Waals surface area contributed by atoms with E-state index in [9.17, 15) is 9.59 Å². The number of carbonyl (C=O) groups is 2. The van der Waals surface area contributed by atoms with Crippen LogP contribution in [-0.2, 0) is 4.79 Å². The third kappa shape index (κ3) is 4.84. The molecule has 2 aromatic carbocycles. The van der Waals surface area contributed by atoms with Gasteiger partial charge in [0.2, 0.25) is 5.91 Å². The van der Waals surface area contributed by atoms with Gasteiger partial charge in [0.25, 0.3) is 0 Å². The molecule has 6 heteroatoms.